The molecule has 2 heterocycles. The number of benzene rings is 1. The lowest BCUT2D eigenvalue weighted by Crippen LogP contribution is -2.17. The zero-order chi connectivity index (χ0) is 10.1. The molecule has 0 spiro atoms. The molecule has 0 fully saturated rings. The van der Waals surface area contributed by atoms with E-state index in [1.807, 2.05) is 12.1 Å². The second-order valence-corrected chi connectivity index (χ2v) is 3.91. The molecular weight excluding hydrogens is 186 g/mol. The number of anilines is 1. The van der Waals surface area contributed by atoms with E-state index in [0.717, 1.165) is 18.6 Å². The van der Waals surface area contributed by atoms with Crippen LogP contribution in [0, 0.1) is 0 Å². The van der Waals surface area contributed by atoms with E-state index in [9.17, 15) is 0 Å². The highest BCUT2D eigenvalue weighted by atomic mass is 16.3. The molecule has 1 aliphatic heterocycles. The van der Waals surface area contributed by atoms with Crippen LogP contribution in [0.15, 0.2) is 47.1 Å². The number of hydrogen-bond donors (Lipinski definition) is 1. The summed E-state index contributed by atoms with van der Waals surface area (Å²) in [5.41, 5.74) is 2.64. The van der Waals surface area contributed by atoms with Gasteiger partial charge in [-0.05, 0) is 36.6 Å². The third-order valence-electron chi connectivity index (χ3n) is 2.94. The highest BCUT2D eigenvalue weighted by molar-refractivity contribution is 5.54. The lowest BCUT2D eigenvalue weighted by Gasteiger charge is -2.25. The normalized spacial score (nSPS) is 19.3. The summed E-state index contributed by atoms with van der Waals surface area (Å²) in [5.74, 6) is 1.03. The molecule has 2 nitrogen and oxygen atoms in total. The van der Waals surface area contributed by atoms with E-state index >= 15 is 0 Å². The van der Waals surface area contributed by atoms with Crippen LogP contribution in [0.1, 0.15) is 23.8 Å². The lowest BCUT2D eigenvalue weighted by molar-refractivity contribution is 0.462. The summed E-state index contributed by atoms with van der Waals surface area (Å²) in [4.78, 5) is 0. The maximum Gasteiger partial charge on any atom is 0.125 e. The Morgan fingerprint density at radius 3 is 2.93 bits per heavy atom. The van der Waals surface area contributed by atoms with Crippen LogP contribution in [0.5, 0.6) is 0 Å². The Morgan fingerprint density at radius 1 is 1.13 bits per heavy atom. The first-order chi connectivity index (χ1) is 7.43. The molecule has 0 bridgehead atoms. The molecule has 2 aromatic rings. The zero-order valence-electron chi connectivity index (χ0n) is 8.44. The summed E-state index contributed by atoms with van der Waals surface area (Å²) in [7, 11) is 0. The van der Waals surface area contributed by atoms with Gasteiger partial charge in [-0.3, -0.25) is 0 Å². The predicted octanol–water partition coefficient (Wildman–Crippen LogP) is 3.38. The average Bonchev–Trinajstić information content (AvgIpc) is 2.82. The number of nitrogens with one attached hydrogen (secondary N) is 1. The molecule has 2 heteroatoms. The van der Waals surface area contributed by atoms with Gasteiger partial charge in [0.05, 0.1) is 12.3 Å². The van der Waals surface area contributed by atoms with E-state index in [2.05, 4.69) is 29.6 Å². The van der Waals surface area contributed by atoms with Gasteiger partial charge in [-0.1, -0.05) is 18.2 Å². The summed E-state index contributed by atoms with van der Waals surface area (Å²) in [6, 6.07) is 12.8. The van der Waals surface area contributed by atoms with Gasteiger partial charge in [0.2, 0.25) is 0 Å². The number of rotatable bonds is 1. The first-order valence-electron chi connectivity index (χ1n) is 5.31. The summed E-state index contributed by atoms with van der Waals surface area (Å²) in [5, 5.41) is 3.51. The van der Waals surface area contributed by atoms with Crippen molar-refractivity contribution in [1.82, 2.24) is 0 Å². The fourth-order valence-corrected chi connectivity index (χ4v) is 2.14. The monoisotopic (exact) mass is 199 g/mol. The Bertz CT molecular complexity index is 447. The quantitative estimate of drug-likeness (QED) is 0.761. The SMILES string of the molecule is c1coc([C@@H]2CCc3ccccc3N2)c1. The van der Waals surface area contributed by atoms with Gasteiger partial charge in [0, 0.05) is 5.69 Å². The molecule has 0 saturated heterocycles. The Morgan fingerprint density at radius 2 is 2.07 bits per heavy atom. The Hall–Kier alpha value is -1.70. The maximum absolute atomic E-state index is 5.43. The summed E-state index contributed by atoms with van der Waals surface area (Å²) >= 11 is 0. The van der Waals surface area contributed by atoms with E-state index < -0.39 is 0 Å². The standard InChI is InChI=1S/C13H13NO/c1-2-5-11-10(4-1)7-8-12(14-11)13-6-3-9-15-13/h1-6,9,12,14H,7-8H2/t12-/m0/s1. The molecule has 0 aliphatic carbocycles. The molecule has 1 N–H and O–H groups in total. The highest BCUT2D eigenvalue weighted by Crippen LogP contribution is 2.32. The van der Waals surface area contributed by atoms with Crippen LogP contribution in [0.25, 0.3) is 0 Å². The largest absolute Gasteiger partial charge is 0.467 e. The lowest BCUT2D eigenvalue weighted by atomic mass is 9.97. The summed E-state index contributed by atoms with van der Waals surface area (Å²) in [6.07, 6.45) is 3.95. The Labute approximate surface area is 88.9 Å². The Balaban J connectivity index is 1.89. The third-order valence-corrected chi connectivity index (χ3v) is 2.94. The molecule has 3 rings (SSSR count). The fourth-order valence-electron chi connectivity index (χ4n) is 2.14. The zero-order valence-corrected chi connectivity index (χ0v) is 8.44. The van der Waals surface area contributed by atoms with Crippen LogP contribution in [0.2, 0.25) is 0 Å². The van der Waals surface area contributed by atoms with Crippen molar-refractivity contribution < 1.29 is 4.42 Å². The number of furan rings is 1. The van der Waals surface area contributed by atoms with Crippen LogP contribution < -0.4 is 5.32 Å². The highest BCUT2D eigenvalue weighted by Gasteiger charge is 2.20. The maximum atomic E-state index is 5.43. The van der Waals surface area contributed by atoms with E-state index in [4.69, 9.17) is 4.42 Å². The van der Waals surface area contributed by atoms with Crippen molar-refractivity contribution >= 4 is 5.69 Å². The average molecular weight is 199 g/mol. The molecule has 1 atom stereocenters. The van der Waals surface area contributed by atoms with E-state index in [1.165, 1.54) is 11.3 Å². The second kappa shape index (κ2) is 3.46. The van der Waals surface area contributed by atoms with Crippen LogP contribution in [-0.4, -0.2) is 0 Å². The number of fused-ring (bicyclic) bond motifs is 1. The number of aryl methyl sites for hydroxylation is 1. The van der Waals surface area contributed by atoms with Crippen molar-refractivity contribution in [1.29, 1.82) is 0 Å². The molecular formula is C13H13NO. The first kappa shape index (κ1) is 8.60. The van der Waals surface area contributed by atoms with Gasteiger partial charge >= 0.3 is 0 Å². The van der Waals surface area contributed by atoms with Crippen LogP contribution in [0.4, 0.5) is 5.69 Å². The molecule has 15 heavy (non-hydrogen) atoms. The molecule has 0 unspecified atom stereocenters. The third kappa shape index (κ3) is 1.52. The molecule has 0 amide bonds. The van der Waals surface area contributed by atoms with Gasteiger partial charge < -0.3 is 9.73 Å². The van der Waals surface area contributed by atoms with Crippen molar-refractivity contribution in [3.8, 4) is 0 Å². The van der Waals surface area contributed by atoms with E-state index in [-0.39, 0.29) is 0 Å². The van der Waals surface area contributed by atoms with Crippen LogP contribution in [0.3, 0.4) is 0 Å². The molecule has 0 saturated carbocycles. The van der Waals surface area contributed by atoms with Crippen molar-refractivity contribution in [2.75, 3.05) is 5.32 Å². The molecule has 1 aliphatic rings. The van der Waals surface area contributed by atoms with Gasteiger partial charge in [0.25, 0.3) is 0 Å². The molecule has 1 aromatic carbocycles. The fraction of sp³-hybridized carbons (Fsp3) is 0.231. The second-order valence-electron chi connectivity index (χ2n) is 3.91. The van der Waals surface area contributed by atoms with E-state index in [1.54, 1.807) is 6.26 Å². The van der Waals surface area contributed by atoms with Crippen LogP contribution in [-0.2, 0) is 6.42 Å². The smallest absolute Gasteiger partial charge is 0.125 e. The molecule has 76 valence electrons. The van der Waals surface area contributed by atoms with Crippen molar-refractivity contribution in [2.45, 2.75) is 18.9 Å². The molecule has 0 radical (unpaired) electrons. The minimum atomic E-state index is 0.329. The number of para-hydroxylation sites is 1. The van der Waals surface area contributed by atoms with Crippen molar-refractivity contribution in [2.24, 2.45) is 0 Å². The predicted molar refractivity (Wildman–Crippen MR) is 59.8 cm³/mol. The van der Waals surface area contributed by atoms with E-state index in [0.29, 0.717) is 6.04 Å². The minimum Gasteiger partial charge on any atom is -0.467 e. The molecule has 1 aromatic heterocycles. The first-order valence-corrected chi connectivity index (χ1v) is 5.31. The van der Waals surface area contributed by atoms with Gasteiger partial charge in [0.1, 0.15) is 5.76 Å². The Kier molecular flexibility index (Phi) is 1.98. The van der Waals surface area contributed by atoms with Crippen LogP contribution >= 0.6 is 0 Å². The van der Waals surface area contributed by atoms with Gasteiger partial charge in [-0.25, -0.2) is 0 Å². The van der Waals surface area contributed by atoms with Crippen molar-refractivity contribution in [3.63, 3.8) is 0 Å². The minimum absolute atomic E-state index is 0.329. The number of hydrogen-bond acceptors (Lipinski definition) is 2. The topological polar surface area (TPSA) is 25.2 Å². The van der Waals surface area contributed by atoms with Gasteiger partial charge in [-0.15, -0.1) is 0 Å². The summed E-state index contributed by atoms with van der Waals surface area (Å²) in [6.45, 7) is 0. The summed E-state index contributed by atoms with van der Waals surface area (Å²) < 4.78 is 5.43. The van der Waals surface area contributed by atoms with Gasteiger partial charge in [0.15, 0.2) is 0 Å². The van der Waals surface area contributed by atoms with Crippen molar-refractivity contribution in [3.05, 3.63) is 54.0 Å². The van der Waals surface area contributed by atoms with Gasteiger partial charge in [-0.2, -0.15) is 0 Å².